The third-order valence-electron chi connectivity index (χ3n) is 7.97. The number of anilines is 1. The van der Waals surface area contributed by atoms with Gasteiger partial charge in [-0.25, -0.2) is 8.78 Å². The standard InChI is InChI=1S/C29H35F2N3O/c30-23-6-9-25(10-7-23)34(29(35)18-21-4-2-1-3-5-21)17-16-33-14-12-22(13-15-33)27-20-32-28-11-8-24(31)19-26(27)28/h6-11,19-22,32H,1-5,12-18H2. The third kappa shape index (κ3) is 5.75. The Balaban J connectivity index is 1.20. The minimum Gasteiger partial charge on any atom is -0.361 e. The van der Waals surface area contributed by atoms with Gasteiger partial charge in [-0.1, -0.05) is 19.3 Å². The molecular formula is C29H35F2N3O. The Morgan fingerprint density at radius 2 is 1.66 bits per heavy atom. The number of aromatic nitrogens is 1. The van der Waals surface area contributed by atoms with Gasteiger partial charge in [0, 0.05) is 42.3 Å². The summed E-state index contributed by atoms with van der Waals surface area (Å²) in [6.45, 7) is 3.30. The lowest BCUT2D eigenvalue weighted by molar-refractivity contribution is -0.119. The summed E-state index contributed by atoms with van der Waals surface area (Å²) < 4.78 is 27.3. The van der Waals surface area contributed by atoms with Crippen molar-refractivity contribution in [1.29, 1.82) is 0 Å². The smallest absolute Gasteiger partial charge is 0.227 e. The average molecular weight is 480 g/mol. The molecule has 2 aliphatic rings. The van der Waals surface area contributed by atoms with Crippen molar-refractivity contribution >= 4 is 22.5 Å². The van der Waals surface area contributed by atoms with E-state index in [0.717, 1.165) is 61.9 Å². The largest absolute Gasteiger partial charge is 0.361 e. The van der Waals surface area contributed by atoms with Gasteiger partial charge in [0.15, 0.2) is 0 Å². The maximum Gasteiger partial charge on any atom is 0.227 e. The molecule has 1 aromatic heterocycles. The van der Waals surface area contributed by atoms with Crippen LogP contribution in [0, 0.1) is 17.6 Å². The zero-order chi connectivity index (χ0) is 24.2. The van der Waals surface area contributed by atoms with E-state index >= 15 is 0 Å². The number of rotatable bonds is 7. The van der Waals surface area contributed by atoms with E-state index in [1.807, 2.05) is 11.1 Å². The number of fused-ring (bicyclic) bond motifs is 1. The number of carbonyl (C=O) groups excluding carboxylic acids is 1. The minimum atomic E-state index is -0.285. The van der Waals surface area contributed by atoms with Crippen molar-refractivity contribution in [2.24, 2.45) is 5.92 Å². The van der Waals surface area contributed by atoms with Crippen LogP contribution in [-0.2, 0) is 4.79 Å². The molecule has 1 amide bonds. The number of H-pyrrole nitrogens is 1. The average Bonchev–Trinajstić information content (AvgIpc) is 3.29. The lowest BCUT2D eigenvalue weighted by atomic mass is 9.86. The highest BCUT2D eigenvalue weighted by Crippen LogP contribution is 2.34. The zero-order valence-electron chi connectivity index (χ0n) is 20.3. The van der Waals surface area contributed by atoms with E-state index in [-0.39, 0.29) is 17.5 Å². The van der Waals surface area contributed by atoms with Gasteiger partial charge in [-0.2, -0.15) is 0 Å². The van der Waals surface area contributed by atoms with Crippen LogP contribution in [0.25, 0.3) is 10.9 Å². The SMILES string of the molecule is O=C(CC1CCCCC1)N(CCN1CCC(c2c[nH]c3ccc(F)cc23)CC1)c1ccc(F)cc1. The molecule has 186 valence electrons. The van der Waals surface area contributed by atoms with Crippen molar-refractivity contribution in [3.05, 3.63) is 65.9 Å². The highest BCUT2D eigenvalue weighted by Gasteiger charge is 2.26. The fourth-order valence-corrected chi connectivity index (χ4v) is 5.93. The van der Waals surface area contributed by atoms with Gasteiger partial charge in [0.25, 0.3) is 0 Å². The van der Waals surface area contributed by atoms with Gasteiger partial charge in [0.2, 0.25) is 5.91 Å². The summed E-state index contributed by atoms with van der Waals surface area (Å²) in [7, 11) is 0. The molecule has 2 fully saturated rings. The molecule has 35 heavy (non-hydrogen) atoms. The Morgan fingerprint density at radius 3 is 2.40 bits per heavy atom. The van der Waals surface area contributed by atoms with Crippen molar-refractivity contribution in [3.63, 3.8) is 0 Å². The quantitative estimate of drug-likeness (QED) is 0.413. The summed E-state index contributed by atoms with van der Waals surface area (Å²) in [5.41, 5.74) is 2.97. The van der Waals surface area contributed by atoms with Gasteiger partial charge in [-0.3, -0.25) is 4.79 Å². The summed E-state index contributed by atoms with van der Waals surface area (Å²) >= 11 is 0. The molecule has 0 unspecified atom stereocenters. The predicted molar refractivity (Wildman–Crippen MR) is 137 cm³/mol. The molecule has 6 heteroatoms. The van der Waals surface area contributed by atoms with Crippen LogP contribution in [0.2, 0.25) is 0 Å². The molecule has 4 nitrogen and oxygen atoms in total. The number of halogens is 2. The molecule has 2 heterocycles. The number of hydrogen-bond acceptors (Lipinski definition) is 2. The molecule has 0 bridgehead atoms. The first-order valence-electron chi connectivity index (χ1n) is 13.1. The van der Waals surface area contributed by atoms with E-state index in [2.05, 4.69) is 9.88 Å². The van der Waals surface area contributed by atoms with Crippen molar-refractivity contribution in [1.82, 2.24) is 9.88 Å². The molecule has 5 rings (SSSR count). The normalized spacial score (nSPS) is 18.2. The molecule has 1 saturated heterocycles. The molecule has 1 aliphatic heterocycles. The molecule has 1 saturated carbocycles. The summed E-state index contributed by atoms with van der Waals surface area (Å²) in [5, 5.41) is 0.985. The van der Waals surface area contributed by atoms with Crippen LogP contribution < -0.4 is 4.90 Å². The molecule has 0 atom stereocenters. The summed E-state index contributed by atoms with van der Waals surface area (Å²) in [6.07, 6.45) is 10.6. The van der Waals surface area contributed by atoms with Crippen molar-refractivity contribution in [2.45, 2.75) is 57.3 Å². The number of piperidine rings is 1. The van der Waals surface area contributed by atoms with Crippen LogP contribution in [0.4, 0.5) is 14.5 Å². The van der Waals surface area contributed by atoms with Crippen molar-refractivity contribution in [3.8, 4) is 0 Å². The summed E-state index contributed by atoms with van der Waals surface area (Å²) in [4.78, 5) is 20.9. The summed E-state index contributed by atoms with van der Waals surface area (Å²) in [6, 6.07) is 11.2. The van der Waals surface area contributed by atoms with Crippen LogP contribution in [0.15, 0.2) is 48.7 Å². The Hall–Kier alpha value is -2.73. The Morgan fingerprint density at radius 1 is 0.943 bits per heavy atom. The lowest BCUT2D eigenvalue weighted by Crippen LogP contribution is -2.42. The predicted octanol–water partition coefficient (Wildman–Crippen LogP) is 6.63. The van der Waals surface area contributed by atoms with Crippen LogP contribution in [-0.4, -0.2) is 42.0 Å². The van der Waals surface area contributed by atoms with Crippen LogP contribution in [0.1, 0.15) is 62.8 Å². The first-order valence-corrected chi connectivity index (χ1v) is 13.1. The van der Waals surface area contributed by atoms with Gasteiger partial charge < -0.3 is 14.8 Å². The number of nitrogens with one attached hydrogen (secondary N) is 1. The number of aromatic amines is 1. The van der Waals surface area contributed by atoms with E-state index in [0.29, 0.717) is 24.8 Å². The maximum atomic E-state index is 13.8. The molecule has 1 aliphatic carbocycles. The number of nitrogens with zero attached hydrogens (tertiary/aromatic N) is 2. The number of benzene rings is 2. The van der Waals surface area contributed by atoms with Crippen LogP contribution in [0.5, 0.6) is 0 Å². The molecule has 2 aromatic carbocycles. The van der Waals surface area contributed by atoms with Gasteiger partial charge in [-0.05, 0) is 98.6 Å². The van der Waals surface area contributed by atoms with Crippen LogP contribution in [0.3, 0.4) is 0 Å². The number of hydrogen-bond donors (Lipinski definition) is 1. The Labute approximate surface area is 206 Å². The Bertz CT molecular complexity index is 1130. The monoisotopic (exact) mass is 479 g/mol. The second-order valence-corrected chi connectivity index (χ2v) is 10.3. The fraction of sp³-hybridized carbons (Fsp3) is 0.483. The van der Waals surface area contributed by atoms with E-state index in [9.17, 15) is 13.6 Å². The highest BCUT2D eigenvalue weighted by molar-refractivity contribution is 5.93. The van der Waals surface area contributed by atoms with Gasteiger partial charge >= 0.3 is 0 Å². The third-order valence-corrected chi connectivity index (χ3v) is 7.97. The lowest BCUT2D eigenvalue weighted by Gasteiger charge is -2.34. The highest BCUT2D eigenvalue weighted by atomic mass is 19.1. The summed E-state index contributed by atoms with van der Waals surface area (Å²) in [5.74, 6) is 0.542. The number of amides is 1. The molecular weight excluding hydrogens is 444 g/mol. The van der Waals surface area contributed by atoms with E-state index in [1.54, 1.807) is 24.3 Å². The van der Waals surface area contributed by atoms with E-state index in [4.69, 9.17) is 0 Å². The molecule has 1 N–H and O–H groups in total. The zero-order valence-corrected chi connectivity index (χ0v) is 20.3. The van der Waals surface area contributed by atoms with Crippen molar-refractivity contribution in [2.75, 3.05) is 31.1 Å². The van der Waals surface area contributed by atoms with E-state index < -0.39 is 0 Å². The second-order valence-electron chi connectivity index (χ2n) is 10.3. The molecule has 3 aromatic rings. The van der Waals surface area contributed by atoms with Crippen LogP contribution >= 0.6 is 0 Å². The first kappa shape index (κ1) is 24.0. The van der Waals surface area contributed by atoms with Gasteiger partial charge in [0.1, 0.15) is 11.6 Å². The second kappa shape index (κ2) is 10.9. The molecule has 0 radical (unpaired) electrons. The van der Waals surface area contributed by atoms with Gasteiger partial charge in [-0.15, -0.1) is 0 Å². The number of carbonyl (C=O) groups is 1. The van der Waals surface area contributed by atoms with Crippen molar-refractivity contribution < 1.29 is 13.6 Å². The maximum absolute atomic E-state index is 13.8. The fourth-order valence-electron chi connectivity index (χ4n) is 5.93. The van der Waals surface area contributed by atoms with E-state index in [1.165, 1.54) is 43.0 Å². The molecule has 0 spiro atoms. The van der Waals surface area contributed by atoms with Gasteiger partial charge in [0.05, 0.1) is 0 Å². The topological polar surface area (TPSA) is 39.3 Å². The first-order chi connectivity index (χ1) is 17.1. The number of likely N-dealkylation sites (tertiary alicyclic amines) is 1. The Kier molecular flexibility index (Phi) is 7.47. The minimum absolute atomic E-state index is 0.152.